The van der Waals surface area contributed by atoms with Crippen molar-refractivity contribution in [1.29, 1.82) is 0 Å². The van der Waals surface area contributed by atoms with Crippen molar-refractivity contribution in [3.8, 4) is 5.75 Å². The Balaban J connectivity index is 2.84. The number of aliphatic carboxylic acids is 1. The fraction of sp³-hybridized carbons (Fsp3) is 0.182. The third-order valence-corrected chi connectivity index (χ3v) is 2.03. The minimum Gasteiger partial charge on any atom is -0.490 e. The molecule has 16 heavy (non-hydrogen) atoms. The summed E-state index contributed by atoms with van der Waals surface area (Å²) >= 11 is 5.85. The van der Waals surface area contributed by atoms with Crippen LogP contribution in [0.5, 0.6) is 5.75 Å². The first-order chi connectivity index (χ1) is 7.63. The van der Waals surface area contributed by atoms with Crippen molar-refractivity contribution in [3.63, 3.8) is 0 Å². The molecule has 0 saturated carbocycles. The molecule has 0 fully saturated rings. The van der Waals surface area contributed by atoms with Gasteiger partial charge in [-0.25, -0.2) is 4.79 Å². The Morgan fingerprint density at radius 3 is 2.88 bits per heavy atom. The number of carbonyl (C=O) groups is 1. The van der Waals surface area contributed by atoms with Gasteiger partial charge in [0.25, 0.3) is 0 Å². The zero-order valence-electron chi connectivity index (χ0n) is 8.39. The van der Waals surface area contributed by atoms with E-state index in [1.165, 1.54) is 6.08 Å². The number of carboxylic acids is 1. The van der Waals surface area contributed by atoms with Gasteiger partial charge in [0.1, 0.15) is 12.4 Å². The predicted molar refractivity (Wildman–Crippen MR) is 60.7 cm³/mol. The first-order valence-corrected chi connectivity index (χ1v) is 4.95. The van der Waals surface area contributed by atoms with Crippen LogP contribution in [-0.2, 0) is 4.79 Å². The second-order valence-electron chi connectivity index (χ2n) is 2.93. The van der Waals surface area contributed by atoms with E-state index in [2.05, 4.69) is 0 Å². The number of halogens is 1. The molecular weight excluding hydrogens is 232 g/mol. The Bertz CT molecular complexity index is 401. The summed E-state index contributed by atoms with van der Waals surface area (Å²) in [7, 11) is 0. The van der Waals surface area contributed by atoms with Crippen LogP contribution in [0.15, 0.2) is 24.3 Å². The zero-order valence-corrected chi connectivity index (χ0v) is 9.15. The van der Waals surface area contributed by atoms with Gasteiger partial charge in [-0.15, -0.1) is 0 Å². The molecule has 4 nitrogen and oxygen atoms in total. The van der Waals surface area contributed by atoms with Crippen LogP contribution in [0.4, 0.5) is 0 Å². The number of hydrogen-bond donors (Lipinski definition) is 2. The summed E-state index contributed by atoms with van der Waals surface area (Å²) < 4.78 is 5.17. The molecule has 0 bridgehead atoms. The first kappa shape index (κ1) is 12.5. The van der Waals surface area contributed by atoms with Crippen LogP contribution in [0.1, 0.15) is 5.56 Å². The quantitative estimate of drug-likeness (QED) is 0.773. The second kappa shape index (κ2) is 6.15. The maximum atomic E-state index is 10.3. The van der Waals surface area contributed by atoms with Crippen LogP contribution in [0.2, 0.25) is 5.02 Å². The molecule has 86 valence electrons. The smallest absolute Gasteiger partial charge is 0.328 e. The minimum atomic E-state index is -1.02. The molecule has 0 heterocycles. The van der Waals surface area contributed by atoms with Crippen molar-refractivity contribution in [2.24, 2.45) is 0 Å². The highest BCUT2D eigenvalue weighted by Crippen LogP contribution is 2.25. The minimum absolute atomic E-state index is 0.106. The largest absolute Gasteiger partial charge is 0.490 e. The van der Waals surface area contributed by atoms with E-state index in [1.54, 1.807) is 18.2 Å². The number of hydrogen-bond acceptors (Lipinski definition) is 3. The van der Waals surface area contributed by atoms with Gasteiger partial charge in [-0.3, -0.25) is 0 Å². The molecule has 0 aromatic heterocycles. The van der Waals surface area contributed by atoms with Gasteiger partial charge in [-0.1, -0.05) is 17.7 Å². The van der Waals surface area contributed by atoms with E-state index in [9.17, 15) is 4.79 Å². The SMILES string of the molecule is O=C(O)/C=C/c1ccc(Cl)c(OCCO)c1. The van der Waals surface area contributed by atoms with E-state index >= 15 is 0 Å². The lowest BCUT2D eigenvalue weighted by molar-refractivity contribution is -0.131. The van der Waals surface area contributed by atoms with Crippen molar-refractivity contribution < 1.29 is 19.7 Å². The molecule has 5 heteroatoms. The van der Waals surface area contributed by atoms with Gasteiger partial charge in [0.05, 0.1) is 11.6 Å². The molecule has 0 aliphatic rings. The second-order valence-corrected chi connectivity index (χ2v) is 3.34. The molecular formula is C11H11ClO4. The molecule has 0 aliphatic carbocycles. The molecule has 0 amide bonds. The van der Waals surface area contributed by atoms with E-state index in [-0.39, 0.29) is 13.2 Å². The van der Waals surface area contributed by atoms with E-state index in [0.29, 0.717) is 16.3 Å². The fourth-order valence-corrected chi connectivity index (χ4v) is 1.23. The summed E-state index contributed by atoms with van der Waals surface area (Å²) in [6.45, 7) is 0.0390. The lowest BCUT2D eigenvalue weighted by Crippen LogP contribution is -2.02. The van der Waals surface area contributed by atoms with Crippen molar-refractivity contribution >= 4 is 23.6 Å². The van der Waals surface area contributed by atoms with Crippen molar-refractivity contribution in [2.45, 2.75) is 0 Å². The van der Waals surface area contributed by atoms with Crippen molar-refractivity contribution in [2.75, 3.05) is 13.2 Å². The molecule has 0 atom stereocenters. The fourth-order valence-electron chi connectivity index (χ4n) is 1.06. The monoisotopic (exact) mass is 242 g/mol. The lowest BCUT2D eigenvalue weighted by atomic mass is 10.2. The highest BCUT2D eigenvalue weighted by atomic mass is 35.5. The van der Waals surface area contributed by atoms with Crippen molar-refractivity contribution in [3.05, 3.63) is 34.9 Å². The Hall–Kier alpha value is -1.52. The lowest BCUT2D eigenvalue weighted by Gasteiger charge is -2.06. The van der Waals surface area contributed by atoms with Crippen LogP contribution >= 0.6 is 11.6 Å². The first-order valence-electron chi connectivity index (χ1n) is 4.57. The Labute approximate surface area is 97.7 Å². The van der Waals surface area contributed by atoms with E-state index in [1.807, 2.05) is 0 Å². The van der Waals surface area contributed by atoms with Crippen LogP contribution in [0, 0.1) is 0 Å². The van der Waals surface area contributed by atoms with Gasteiger partial charge < -0.3 is 14.9 Å². The number of carboxylic acid groups (broad SMARTS) is 1. The Morgan fingerprint density at radius 1 is 1.50 bits per heavy atom. The van der Waals surface area contributed by atoms with Gasteiger partial charge in [0.15, 0.2) is 0 Å². The highest BCUT2D eigenvalue weighted by Gasteiger charge is 2.01. The Kier molecular flexibility index (Phi) is 4.82. The Morgan fingerprint density at radius 2 is 2.25 bits per heavy atom. The molecule has 0 radical (unpaired) electrons. The van der Waals surface area contributed by atoms with Crippen molar-refractivity contribution in [1.82, 2.24) is 0 Å². The topological polar surface area (TPSA) is 66.8 Å². The maximum absolute atomic E-state index is 10.3. The summed E-state index contributed by atoms with van der Waals surface area (Å²) in [5.74, 6) is -0.601. The summed E-state index contributed by atoms with van der Waals surface area (Å²) in [6.07, 6.45) is 2.46. The highest BCUT2D eigenvalue weighted by molar-refractivity contribution is 6.32. The molecule has 0 saturated heterocycles. The van der Waals surface area contributed by atoms with Gasteiger partial charge in [-0.2, -0.15) is 0 Å². The van der Waals surface area contributed by atoms with E-state index < -0.39 is 5.97 Å². The van der Waals surface area contributed by atoms with Gasteiger partial charge >= 0.3 is 5.97 Å². The summed E-state index contributed by atoms with van der Waals surface area (Å²) in [5.41, 5.74) is 0.666. The molecule has 1 aromatic rings. The summed E-state index contributed by atoms with van der Waals surface area (Å²) in [6, 6.07) is 4.89. The van der Waals surface area contributed by atoms with Gasteiger partial charge in [0, 0.05) is 6.08 Å². The number of aliphatic hydroxyl groups is 1. The predicted octanol–water partition coefficient (Wildman–Crippen LogP) is 1.81. The number of aliphatic hydroxyl groups excluding tert-OH is 1. The van der Waals surface area contributed by atoms with Crippen LogP contribution in [0.25, 0.3) is 6.08 Å². The average Bonchev–Trinajstić information content (AvgIpc) is 2.26. The zero-order chi connectivity index (χ0) is 12.0. The summed E-state index contributed by atoms with van der Waals surface area (Å²) in [4.78, 5) is 10.3. The number of benzene rings is 1. The third kappa shape index (κ3) is 3.92. The maximum Gasteiger partial charge on any atom is 0.328 e. The normalized spacial score (nSPS) is 10.6. The molecule has 1 aromatic carbocycles. The molecule has 0 aliphatic heterocycles. The van der Waals surface area contributed by atoms with E-state index in [0.717, 1.165) is 6.08 Å². The summed E-state index contributed by atoms with van der Waals surface area (Å²) in [5, 5.41) is 17.5. The van der Waals surface area contributed by atoms with Crippen LogP contribution in [-0.4, -0.2) is 29.4 Å². The number of rotatable bonds is 5. The average molecular weight is 243 g/mol. The van der Waals surface area contributed by atoms with Gasteiger partial charge in [-0.05, 0) is 23.8 Å². The van der Waals surface area contributed by atoms with E-state index in [4.69, 9.17) is 26.6 Å². The molecule has 0 unspecified atom stereocenters. The van der Waals surface area contributed by atoms with Crippen LogP contribution < -0.4 is 4.74 Å². The van der Waals surface area contributed by atoms with Gasteiger partial charge in [0.2, 0.25) is 0 Å². The van der Waals surface area contributed by atoms with Crippen LogP contribution in [0.3, 0.4) is 0 Å². The standard InChI is InChI=1S/C11H11ClO4/c12-9-3-1-8(2-4-11(14)15)7-10(9)16-6-5-13/h1-4,7,13H,5-6H2,(H,14,15)/b4-2+. The third-order valence-electron chi connectivity index (χ3n) is 1.72. The molecule has 2 N–H and O–H groups in total. The molecule has 0 spiro atoms. The number of ether oxygens (including phenoxy) is 1. The molecule has 1 rings (SSSR count).